The summed E-state index contributed by atoms with van der Waals surface area (Å²) in [5.41, 5.74) is 3.58. The molecule has 1 aliphatic heterocycles. The van der Waals surface area contributed by atoms with Crippen LogP contribution in [0.2, 0.25) is 0 Å². The van der Waals surface area contributed by atoms with Crippen LogP contribution < -0.4 is 4.74 Å². The molecule has 0 aliphatic carbocycles. The molecule has 2 rings (SSSR count). The average Bonchev–Trinajstić information content (AvgIpc) is 2.17. The average molecular weight is 271 g/mol. The van der Waals surface area contributed by atoms with Gasteiger partial charge in [-0.05, 0) is 6.92 Å². The van der Waals surface area contributed by atoms with Crippen LogP contribution in [-0.4, -0.2) is 5.79 Å². The number of benzene rings is 1. The molecular formula is C12H15BrO2. The van der Waals surface area contributed by atoms with Gasteiger partial charge in [0.1, 0.15) is 5.75 Å². The van der Waals surface area contributed by atoms with E-state index in [0.717, 1.165) is 16.6 Å². The van der Waals surface area contributed by atoms with Gasteiger partial charge in [0.25, 0.3) is 0 Å². The minimum absolute atomic E-state index is 0.515. The maximum Gasteiger partial charge on any atom is 0.205 e. The first kappa shape index (κ1) is 11.0. The molecule has 0 N–H and O–H groups in total. The number of fused-ring (bicyclic) bond motifs is 1. The van der Waals surface area contributed by atoms with Crippen LogP contribution in [0.4, 0.5) is 0 Å². The van der Waals surface area contributed by atoms with Crippen molar-refractivity contribution in [2.24, 2.45) is 0 Å². The van der Waals surface area contributed by atoms with Crippen LogP contribution in [0.15, 0.2) is 12.1 Å². The Morgan fingerprint density at radius 1 is 1.40 bits per heavy atom. The van der Waals surface area contributed by atoms with E-state index in [2.05, 4.69) is 35.0 Å². The highest BCUT2D eigenvalue weighted by Gasteiger charge is 2.28. The van der Waals surface area contributed by atoms with E-state index in [4.69, 9.17) is 9.47 Å². The molecule has 0 amide bonds. The maximum absolute atomic E-state index is 5.84. The fraction of sp³-hybridized carbons (Fsp3) is 0.500. The molecule has 0 fully saturated rings. The summed E-state index contributed by atoms with van der Waals surface area (Å²) in [5.74, 6) is 0.466. The Balaban J connectivity index is 2.48. The van der Waals surface area contributed by atoms with E-state index in [1.807, 2.05) is 13.8 Å². The van der Waals surface area contributed by atoms with E-state index >= 15 is 0 Å². The summed E-state index contributed by atoms with van der Waals surface area (Å²) >= 11 is 3.49. The molecule has 1 aromatic rings. The van der Waals surface area contributed by atoms with E-state index < -0.39 is 5.79 Å². The van der Waals surface area contributed by atoms with Gasteiger partial charge in [-0.2, -0.15) is 0 Å². The summed E-state index contributed by atoms with van der Waals surface area (Å²) in [7, 11) is 0. The largest absolute Gasteiger partial charge is 0.462 e. The quantitative estimate of drug-likeness (QED) is 0.727. The molecular weight excluding hydrogens is 256 g/mol. The number of rotatable bonds is 1. The summed E-state index contributed by atoms with van der Waals surface area (Å²) in [6.07, 6.45) is 0. The van der Waals surface area contributed by atoms with Gasteiger partial charge in [-0.25, -0.2) is 0 Å². The first-order chi connectivity index (χ1) is 7.02. The molecule has 0 aromatic heterocycles. The summed E-state index contributed by atoms with van der Waals surface area (Å²) in [6.45, 7) is 6.60. The van der Waals surface area contributed by atoms with Crippen molar-refractivity contribution in [3.8, 4) is 5.75 Å². The second-order valence-corrected chi connectivity index (χ2v) is 4.90. The van der Waals surface area contributed by atoms with Crippen LogP contribution >= 0.6 is 15.9 Å². The lowest BCUT2D eigenvalue weighted by Crippen LogP contribution is -2.35. The molecule has 1 aromatic carbocycles. The SMILES string of the molecule is Cc1cc(CBr)c2c(c1)COC(C)(C)O2. The minimum atomic E-state index is -0.515. The minimum Gasteiger partial charge on any atom is -0.462 e. The van der Waals surface area contributed by atoms with Crippen molar-refractivity contribution in [1.29, 1.82) is 0 Å². The molecule has 1 aliphatic rings. The van der Waals surface area contributed by atoms with Crippen molar-refractivity contribution < 1.29 is 9.47 Å². The van der Waals surface area contributed by atoms with Crippen LogP contribution in [0.1, 0.15) is 30.5 Å². The third-order valence-corrected chi connectivity index (χ3v) is 3.06. The number of halogens is 1. The predicted octanol–water partition coefficient (Wildman–Crippen LogP) is 3.54. The van der Waals surface area contributed by atoms with Gasteiger partial charge in [-0.15, -0.1) is 0 Å². The highest BCUT2D eigenvalue weighted by molar-refractivity contribution is 9.08. The Hall–Kier alpha value is -0.540. The molecule has 1 heterocycles. The van der Waals surface area contributed by atoms with Gasteiger partial charge >= 0.3 is 0 Å². The molecule has 2 nitrogen and oxygen atoms in total. The van der Waals surface area contributed by atoms with Crippen molar-refractivity contribution in [2.45, 2.75) is 38.5 Å². The van der Waals surface area contributed by atoms with E-state index in [0.29, 0.717) is 6.61 Å². The molecule has 0 unspecified atom stereocenters. The lowest BCUT2D eigenvalue weighted by Gasteiger charge is -2.34. The van der Waals surface area contributed by atoms with Gasteiger partial charge < -0.3 is 9.47 Å². The Morgan fingerprint density at radius 2 is 2.13 bits per heavy atom. The van der Waals surface area contributed by atoms with E-state index in [1.54, 1.807) is 0 Å². The van der Waals surface area contributed by atoms with Crippen molar-refractivity contribution in [1.82, 2.24) is 0 Å². The van der Waals surface area contributed by atoms with Crippen LogP contribution in [0.25, 0.3) is 0 Å². The summed E-state index contributed by atoms with van der Waals surface area (Å²) in [6, 6.07) is 4.27. The molecule has 3 heteroatoms. The highest BCUT2D eigenvalue weighted by Crippen LogP contribution is 2.36. The molecule has 0 radical (unpaired) electrons. The molecule has 0 saturated heterocycles. The number of hydrogen-bond acceptors (Lipinski definition) is 2. The van der Waals surface area contributed by atoms with Gasteiger partial charge in [0.15, 0.2) is 0 Å². The Bertz CT molecular complexity index is 368. The highest BCUT2D eigenvalue weighted by atomic mass is 79.9. The normalized spacial score (nSPS) is 18.1. The number of alkyl halides is 1. The summed E-state index contributed by atoms with van der Waals surface area (Å²) in [5, 5.41) is 0.813. The first-order valence-electron chi connectivity index (χ1n) is 5.03. The third-order valence-electron chi connectivity index (χ3n) is 2.45. The summed E-state index contributed by atoms with van der Waals surface area (Å²) in [4.78, 5) is 0. The smallest absolute Gasteiger partial charge is 0.205 e. The lowest BCUT2D eigenvalue weighted by atomic mass is 10.0. The van der Waals surface area contributed by atoms with Crippen LogP contribution in [-0.2, 0) is 16.7 Å². The molecule has 0 bridgehead atoms. The van der Waals surface area contributed by atoms with Crippen molar-refractivity contribution >= 4 is 15.9 Å². The van der Waals surface area contributed by atoms with Gasteiger partial charge in [0.05, 0.1) is 6.61 Å². The molecule has 0 saturated carbocycles. The zero-order valence-corrected chi connectivity index (χ0v) is 10.8. The van der Waals surface area contributed by atoms with Crippen molar-refractivity contribution in [2.75, 3.05) is 0 Å². The predicted molar refractivity (Wildman–Crippen MR) is 63.3 cm³/mol. The fourth-order valence-corrected chi connectivity index (χ4v) is 2.21. The Labute approximate surface area is 98.7 Å². The van der Waals surface area contributed by atoms with Gasteiger partial charge in [0, 0.05) is 30.3 Å². The first-order valence-corrected chi connectivity index (χ1v) is 6.15. The number of ether oxygens (including phenoxy) is 2. The third kappa shape index (κ3) is 2.18. The van der Waals surface area contributed by atoms with E-state index in [-0.39, 0.29) is 0 Å². The van der Waals surface area contributed by atoms with Gasteiger partial charge in [-0.3, -0.25) is 0 Å². The molecule has 15 heavy (non-hydrogen) atoms. The topological polar surface area (TPSA) is 18.5 Å². The monoisotopic (exact) mass is 270 g/mol. The molecule has 0 atom stereocenters. The summed E-state index contributed by atoms with van der Waals surface area (Å²) < 4.78 is 11.5. The van der Waals surface area contributed by atoms with Gasteiger partial charge in [0.2, 0.25) is 5.79 Å². The van der Waals surface area contributed by atoms with E-state index in [1.165, 1.54) is 11.1 Å². The Morgan fingerprint density at radius 3 is 2.80 bits per heavy atom. The Kier molecular flexibility index (Phi) is 2.77. The maximum atomic E-state index is 5.84. The standard InChI is InChI=1S/C12H15BrO2/c1-8-4-9(6-13)11-10(5-8)7-14-12(2,3)15-11/h4-5H,6-7H2,1-3H3. The molecule has 0 spiro atoms. The lowest BCUT2D eigenvalue weighted by molar-refractivity contribution is -0.180. The van der Waals surface area contributed by atoms with Crippen LogP contribution in [0.5, 0.6) is 5.75 Å². The van der Waals surface area contributed by atoms with Crippen LogP contribution in [0.3, 0.4) is 0 Å². The molecule has 82 valence electrons. The van der Waals surface area contributed by atoms with Crippen LogP contribution in [0, 0.1) is 6.92 Å². The zero-order chi connectivity index (χ0) is 11.1. The zero-order valence-electron chi connectivity index (χ0n) is 9.26. The number of hydrogen-bond donors (Lipinski definition) is 0. The van der Waals surface area contributed by atoms with E-state index in [9.17, 15) is 0 Å². The van der Waals surface area contributed by atoms with Crippen molar-refractivity contribution in [3.05, 3.63) is 28.8 Å². The number of aryl methyl sites for hydroxylation is 1. The second-order valence-electron chi connectivity index (χ2n) is 4.34. The second kappa shape index (κ2) is 3.80. The van der Waals surface area contributed by atoms with Crippen molar-refractivity contribution in [3.63, 3.8) is 0 Å². The fourth-order valence-electron chi connectivity index (χ4n) is 1.79. The van der Waals surface area contributed by atoms with Gasteiger partial charge in [-0.1, -0.05) is 33.6 Å².